The second-order valence-electron chi connectivity index (χ2n) is 4.94. The number of hydrogen-bond acceptors (Lipinski definition) is 4. The maximum atomic E-state index is 11.4. The zero-order chi connectivity index (χ0) is 15.7. The number of nitrogens with two attached hydrogens (primary N) is 1. The van der Waals surface area contributed by atoms with E-state index in [1.165, 1.54) is 6.20 Å². The van der Waals surface area contributed by atoms with Gasteiger partial charge in [0.15, 0.2) is 5.65 Å². The summed E-state index contributed by atoms with van der Waals surface area (Å²) in [6.45, 7) is 0.669. The van der Waals surface area contributed by atoms with Crippen LogP contribution in [0.15, 0.2) is 42.6 Å². The predicted molar refractivity (Wildman–Crippen MR) is 85.1 cm³/mol. The zero-order valence-corrected chi connectivity index (χ0v) is 12.7. The lowest BCUT2D eigenvalue weighted by Gasteiger charge is -2.20. The third-order valence-electron chi connectivity index (χ3n) is 3.34. The lowest BCUT2D eigenvalue weighted by atomic mass is 10.2. The molecule has 0 saturated carbocycles. The Balaban J connectivity index is 2.04. The number of benzene rings is 1. The van der Waals surface area contributed by atoms with Crippen molar-refractivity contribution in [2.45, 2.75) is 6.54 Å². The minimum absolute atomic E-state index is 0.247. The SMILES string of the molecule is CN(Cc1ccccc1)c1cc(Cl)nc2c(C(N)=O)cnn12. The van der Waals surface area contributed by atoms with Gasteiger partial charge in [0.05, 0.1) is 6.20 Å². The van der Waals surface area contributed by atoms with Crippen LogP contribution in [-0.4, -0.2) is 27.6 Å². The molecule has 112 valence electrons. The van der Waals surface area contributed by atoms with Crippen molar-refractivity contribution in [1.29, 1.82) is 0 Å². The first-order valence-corrected chi connectivity index (χ1v) is 7.03. The van der Waals surface area contributed by atoms with Gasteiger partial charge in [-0.15, -0.1) is 0 Å². The Kier molecular flexibility index (Phi) is 3.68. The van der Waals surface area contributed by atoms with Crippen molar-refractivity contribution >= 4 is 29.0 Å². The number of fused-ring (bicyclic) bond motifs is 1. The molecule has 2 N–H and O–H groups in total. The van der Waals surface area contributed by atoms with Gasteiger partial charge in [0, 0.05) is 19.7 Å². The molecule has 0 atom stereocenters. The van der Waals surface area contributed by atoms with Crippen molar-refractivity contribution in [2.24, 2.45) is 5.73 Å². The van der Waals surface area contributed by atoms with Gasteiger partial charge in [0.2, 0.25) is 0 Å². The fourth-order valence-electron chi connectivity index (χ4n) is 2.30. The largest absolute Gasteiger partial charge is 0.365 e. The first-order chi connectivity index (χ1) is 10.6. The van der Waals surface area contributed by atoms with Gasteiger partial charge in [-0.2, -0.15) is 9.61 Å². The van der Waals surface area contributed by atoms with Crippen LogP contribution in [0.25, 0.3) is 5.65 Å². The summed E-state index contributed by atoms with van der Waals surface area (Å²) in [6, 6.07) is 11.7. The number of carbonyl (C=O) groups excluding carboxylic acids is 1. The molecular weight excluding hydrogens is 302 g/mol. The number of carbonyl (C=O) groups is 1. The van der Waals surface area contributed by atoms with Crippen molar-refractivity contribution in [2.75, 3.05) is 11.9 Å². The molecule has 1 amide bonds. The van der Waals surface area contributed by atoms with E-state index in [0.29, 0.717) is 12.2 Å². The summed E-state index contributed by atoms with van der Waals surface area (Å²) in [4.78, 5) is 17.6. The smallest absolute Gasteiger partial charge is 0.254 e. The highest BCUT2D eigenvalue weighted by molar-refractivity contribution is 6.29. The molecule has 0 fully saturated rings. The topological polar surface area (TPSA) is 76.5 Å². The highest BCUT2D eigenvalue weighted by atomic mass is 35.5. The summed E-state index contributed by atoms with van der Waals surface area (Å²) < 4.78 is 1.56. The van der Waals surface area contributed by atoms with Crippen molar-refractivity contribution in [3.05, 3.63) is 58.9 Å². The van der Waals surface area contributed by atoms with E-state index in [0.717, 1.165) is 11.4 Å². The third-order valence-corrected chi connectivity index (χ3v) is 3.53. The molecule has 1 aromatic carbocycles. The molecule has 2 heterocycles. The van der Waals surface area contributed by atoms with Crippen molar-refractivity contribution in [3.63, 3.8) is 0 Å². The van der Waals surface area contributed by atoms with Crippen LogP contribution in [0.1, 0.15) is 15.9 Å². The molecule has 0 radical (unpaired) electrons. The van der Waals surface area contributed by atoms with Crippen LogP contribution in [-0.2, 0) is 6.54 Å². The van der Waals surface area contributed by atoms with Crippen LogP contribution in [0.2, 0.25) is 5.15 Å². The van der Waals surface area contributed by atoms with Crippen molar-refractivity contribution < 1.29 is 4.79 Å². The van der Waals surface area contributed by atoms with E-state index < -0.39 is 5.91 Å². The van der Waals surface area contributed by atoms with Gasteiger partial charge < -0.3 is 10.6 Å². The van der Waals surface area contributed by atoms with E-state index in [1.54, 1.807) is 10.6 Å². The number of primary amides is 1. The first kappa shape index (κ1) is 14.3. The molecule has 22 heavy (non-hydrogen) atoms. The molecular formula is C15H14ClN5O. The lowest BCUT2D eigenvalue weighted by molar-refractivity contribution is 0.100. The maximum absolute atomic E-state index is 11.4. The quantitative estimate of drug-likeness (QED) is 0.748. The molecule has 3 aromatic rings. The Morgan fingerprint density at radius 3 is 2.77 bits per heavy atom. The van der Waals surface area contributed by atoms with Crippen LogP contribution in [0.5, 0.6) is 0 Å². The summed E-state index contributed by atoms with van der Waals surface area (Å²) in [5, 5.41) is 4.48. The monoisotopic (exact) mass is 315 g/mol. The average Bonchev–Trinajstić information content (AvgIpc) is 2.91. The molecule has 7 heteroatoms. The number of anilines is 1. The van der Waals surface area contributed by atoms with Crippen LogP contribution >= 0.6 is 11.6 Å². The fraction of sp³-hybridized carbons (Fsp3) is 0.133. The maximum Gasteiger partial charge on any atom is 0.254 e. The van der Waals surface area contributed by atoms with Gasteiger partial charge in [-0.1, -0.05) is 41.9 Å². The first-order valence-electron chi connectivity index (χ1n) is 6.65. The Labute approximate surface area is 132 Å². The fourth-order valence-corrected chi connectivity index (χ4v) is 2.48. The molecule has 6 nitrogen and oxygen atoms in total. The van der Waals surface area contributed by atoms with Gasteiger partial charge in [-0.3, -0.25) is 4.79 Å². The second-order valence-corrected chi connectivity index (χ2v) is 5.32. The van der Waals surface area contributed by atoms with E-state index in [4.69, 9.17) is 17.3 Å². The Hall–Kier alpha value is -2.60. The third kappa shape index (κ3) is 2.60. The van der Waals surface area contributed by atoms with E-state index in [1.807, 2.05) is 42.3 Å². The van der Waals surface area contributed by atoms with Gasteiger partial charge in [-0.05, 0) is 5.56 Å². The molecule has 0 unspecified atom stereocenters. The number of aromatic nitrogens is 3. The summed E-state index contributed by atoms with van der Waals surface area (Å²) in [5.74, 6) is 0.146. The van der Waals surface area contributed by atoms with E-state index in [-0.39, 0.29) is 10.7 Å². The van der Waals surface area contributed by atoms with E-state index in [9.17, 15) is 4.79 Å². The molecule has 2 aromatic heterocycles. The van der Waals surface area contributed by atoms with E-state index in [2.05, 4.69) is 10.1 Å². The average molecular weight is 316 g/mol. The van der Waals surface area contributed by atoms with Gasteiger partial charge >= 0.3 is 0 Å². The van der Waals surface area contributed by atoms with Crippen molar-refractivity contribution in [1.82, 2.24) is 14.6 Å². The van der Waals surface area contributed by atoms with Gasteiger partial charge in [-0.25, -0.2) is 4.98 Å². The summed E-state index contributed by atoms with van der Waals surface area (Å²) in [5.41, 5.74) is 7.09. The second kappa shape index (κ2) is 5.65. The Morgan fingerprint density at radius 2 is 2.09 bits per heavy atom. The zero-order valence-electron chi connectivity index (χ0n) is 11.9. The normalized spacial score (nSPS) is 10.8. The number of amides is 1. The van der Waals surface area contributed by atoms with E-state index >= 15 is 0 Å². The summed E-state index contributed by atoms with van der Waals surface area (Å²) in [7, 11) is 1.92. The highest BCUT2D eigenvalue weighted by Crippen LogP contribution is 2.22. The molecule has 0 aliphatic rings. The number of nitrogens with zero attached hydrogens (tertiary/aromatic N) is 4. The van der Waals surface area contributed by atoms with Crippen LogP contribution in [0, 0.1) is 0 Å². The molecule has 3 rings (SSSR count). The van der Waals surface area contributed by atoms with Crippen LogP contribution in [0.3, 0.4) is 0 Å². The molecule has 0 aliphatic heterocycles. The minimum Gasteiger partial charge on any atom is -0.365 e. The highest BCUT2D eigenvalue weighted by Gasteiger charge is 2.16. The Morgan fingerprint density at radius 1 is 1.36 bits per heavy atom. The summed E-state index contributed by atoms with van der Waals surface area (Å²) in [6.07, 6.45) is 1.40. The molecule has 0 aliphatic carbocycles. The van der Waals surface area contributed by atoms with Crippen LogP contribution < -0.4 is 10.6 Å². The predicted octanol–water partition coefficient (Wildman–Crippen LogP) is 2.12. The lowest BCUT2D eigenvalue weighted by Crippen LogP contribution is -2.20. The van der Waals surface area contributed by atoms with Crippen LogP contribution in [0.4, 0.5) is 5.82 Å². The van der Waals surface area contributed by atoms with Gasteiger partial charge in [0.25, 0.3) is 5.91 Å². The Bertz CT molecular complexity index is 831. The molecule has 0 spiro atoms. The van der Waals surface area contributed by atoms with Gasteiger partial charge in [0.1, 0.15) is 16.5 Å². The molecule has 0 bridgehead atoms. The number of halogens is 1. The summed E-state index contributed by atoms with van der Waals surface area (Å²) >= 11 is 6.07. The number of hydrogen-bond donors (Lipinski definition) is 1. The standard InChI is InChI=1S/C15H14ClN5O/c1-20(9-10-5-3-2-4-6-10)13-7-12(16)19-15-11(14(17)22)8-18-21(13)15/h2-8H,9H2,1H3,(H2,17,22). The van der Waals surface area contributed by atoms with Crippen molar-refractivity contribution in [3.8, 4) is 0 Å². The minimum atomic E-state index is -0.582. The molecule has 0 saturated heterocycles. The number of rotatable bonds is 4.